The van der Waals surface area contributed by atoms with E-state index in [2.05, 4.69) is 38.2 Å². The fraction of sp³-hybridized carbons (Fsp3) is 0.850. The zero-order valence-electron chi connectivity index (χ0n) is 32.5. The van der Waals surface area contributed by atoms with Crippen molar-refractivity contribution in [1.82, 2.24) is 0 Å². The summed E-state index contributed by atoms with van der Waals surface area (Å²) in [4.78, 5) is 33.4. The van der Waals surface area contributed by atoms with Crippen LogP contribution in [0.1, 0.15) is 181 Å². The molecule has 0 aromatic carbocycles. The van der Waals surface area contributed by atoms with Gasteiger partial charge >= 0.3 is 19.8 Å². The number of carboxylic acids is 1. The molecule has 0 rings (SSSR count). The Morgan fingerprint density at radius 1 is 0.608 bits per heavy atom. The molecule has 0 heterocycles. The first-order valence-corrected chi connectivity index (χ1v) is 21.9. The number of carbonyl (C=O) groups is 2. The van der Waals surface area contributed by atoms with Crippen LogP contribution in [0, 0.1) is 0 Å². The molecule has 0 aromatic heterocycles. The molecule has 3 atom stereocenters. The molecule has 0 aromatic rings. The highest BCUT2D eigenvalue weighted by molar-refractivity contribution is 7.47. The third-order valence-corrected chi connectivity index (χ3v) is 9.65. The molecular formula is C40H76NO9P. The van der Waals surface area contributed by atoms with Gasteiger partial charge < -0.3 is 25.2 Å². The fourth-order valence-corrected chi connectivity index (χ4v) is 6.25. The maximum atomic E-state index is 12.6. The Kier molecular flexibility index (Phi) is 35.7. The number of hydrogen-bond donors (Lipinski definition) is 3. The second kappa shape index (κ2) is 36.8. The Balaban J connectivity index is 4.29. The smallest absolute Gasteiger partial charge is 0.472 e. The van der Waals surface area contributed by atoms with E-state index in [1.54, 1.807) is 0 Å². The molecule has 0 aliphatic heterocycles. The van der Waals surface area contributed by atoms with E-state index in [4.69, 9.17) is 29.4 Å². The molecule has 11 heteroatoms. The number of phosphoric acid groups is 1. The normalized spacial score (nSPS) is 14.3. The average Bonchev–Trinajstić information content (AvgIpc) is 3.10. The van der Waals surface area contributed by atoms with Gasteiger partial charge in [-0.25, -0.2) is 4.57 Å². The second-order valence-electron chi connectivity index (χ2n) is 13.8. The third kappa shape index (κ3) is 36.6. The van der Waals surface area contributed by atoms with Gasteiger partial charge in [-0.15, -0.1) is 0 Å². The summed E-state index contributed by atoms with van der Waals surface area (Å²) in [6.45, 7) is 3.84. The van der Waals surface area contributed by atoms with E-state index in [1.165, 1.54) is 96.3 Å². The van der Waals surface area contributed by atoms with Crippen molar-refractivity contribution < 1.29 is 42.7 Å². The summed E-state index contributed by atoms with van der Waals surface area (Å²) >= 11 is 0. The van der Waals surface area contributed by atoms with E-state index >= 15 is 0 Å². The van der Waals surface area contributed by atoms with Gasteiger partial charge in [0.2, 0.25) is 0 Å². The number of ether oxygens (including phenoxy) is 2. The number of esters is 1. The van der Waals surface area contributed by atoms with Crippen molar-refractivity contribution in [2.45, 2.75) is 193 Å². The van der Waals surface area contributed by atoms with Gasteiger partial charge in [-0.3, -0.25) is 18.6 Å². The molecule has 3 unspecified atom stereocenters. The van der Waals surface area contributed by atoms with Crippen LogP contribution in [-0.4, -0.2) is 60.5 Å². The van der Waals surface area contributed by atoms with Crippen LogP contribution in [0.15, 0.2) is 24.3 Å². The lowest BCUT2D eigenvalue weighted by Gasteiger charge is -2.20. The van der Waals surface area contributed by atoms with Gasteiger partial charge in [-0.1, -0.05) is 134 Å². The van der Waals surface area contributed by atoms with Crippen LogP contribution >= 0.6 is 7.82 Å². The quantitative estimate of drug-likeness (QED) is 0.0240. The molecule has 0 spiro atoms. The van der Waals surface area contributed by atoms with E-state index in [-0.39, 0.29) is 13.0 Å². The van der Waals surface area contributed by atoms with Gasteiger partial charge in [-0.05, 0) is 64.2 Å². The highest BCUT2D eigenvalue weighted by Crippen LogP contribution is 2.43. The number of unbranched alkanes of at least 4 members (excludes halogenated alkanes) is 21. The van der Waals surface area contributed by atoms with E-state index in [0.717, 1.165) is 57.8 Å². The Bertz CT molecular complexity index is 914. The topological polar surface area (TPSA) is 155 Å². The highest BCUT2D eigenvalue weighted by atomic mass is 31.2. The Morgan fingerprint density at radius 3 is 1.51 bits per heavy atom. The van der Waals surface area contributed by atoms with Gasteiger partial charge in [-0.2, -0.15) is 0 Å². The Hall–Kier alpha value is -1.55. The molecule has 0 aliphatic carbocycles. The SMILES string of the molecule is CCCCCC/C=C\CCCCCCCCOCC(COP(=O)(O)OCC(N)C(=O)O)OC(=O)CCCCCCC/C=C\CCCCCCCC. The molecule has 0 bridgehead atoms. The number of rotatable bonds is 39. The van der Waals surface area contributed by atoms with E-state index in [0.29, 0.717) is 13.0 Å². The Morgan fingerprint density at radius 2 is 1.02 bits per heavy atom. The largest absolute Gasteiger partial charge is 0.480 e. The molecule has 300 valence electrons. The van der Waals surface area contributed by atoms with Crippen LogP contribution in [-0.2, 0) is 32.7 Å². The molecule has 0 saturated carbocycles. The molecule has 0 amide bonds. The minimum atomic E-state index is -4.61. The first kappa shape index (κ1) is 49.5. The van der Waals surface area contributed by atoms with Crippen molar-refractivity contribution in [1.29, 1.82) is 0 Å². The van der Waals surface area contributed by atoms with Crippen molar-refractivity contribution in [3.05, 3.63) is 24.3 Å². The molecule has 0 saturated heterocycles. The lowest BCUT2D eigenvalue weighted by Crippen LogP contribution is -2.34. The van der Waals surface area contributed by atoms with Crippen LogP contribution in [0.4, 0.5) is 0 Å². The molecule has 0 radical (unpaired) electrons. The number of nitrogens with two attached hydrogens (primary N) is 1. The summed E-state index contributed by atoms with van der Waals surface area (Å²) in [6.07, 6.45) is 37.9. The lowest BCUT2D eigenvalue weighted by atomic mass is 10.1. The maximum absolute atomic E-state index is 12.6. The van der Waals surface area contributed by atoms with Crippen molar-refractivity contribution in [3.8, 4) is 0 Å². The maximum Gasteiger partial charge on any atom is 0.472 e. The molecule has 0 aliphatic rings. The van der Waals surface area contributed by atoms with Crippen molar-refractivity contribution >= 4 is 19.8 Å². The summed E-state index contributed by atoms with van der Waals surface area (Å²) < 4.78 is 33.3. The lowest BCUT2D eigenvalue weighted by molar-refractivity contribution is -0.154. The van der Waals surface area contributed by atoms with Crippen LogP contribution in [0.5, 0.6) is 0 Å². The molecule has 4 N–H and O–H groups in total. The van der Waals surface area contributed by atoms with E-state index < -0.39 is 45.1 Å². The number of phosphoric ester groups is 1. The standard InChI is InChI=1S/C40H76NO9P/c1-3-5-7-9-11-13-15-17-19-20-22-24-26-28-30-32-39(42)50-37(35-48-51(45,46)49-36-38(41)40(43)44)34-47-33-31-29-27-25-23-21-18-16-14-12-10-8-6-4-2/h14,16-17,19,37-38H,3-13,15,18,20-36,41H2,1-2H3,(H,43,44)(H,45,46)/b16-14-,19-17-. The number of allylic oxidation sites excluding steroid dienone is 4. The minimum Gasteiger partial charge on any atom is -0.480 e. The van der Waals surface area contributed by atoms with Crippen LogP contribution < -0.4 is 5.73 Å². The first-order valence-electron chi connectivity index (χ1n) is 20.4. The van der Waals surface area contributed by atoms with Crippen molar-refractivity contribution in [2.24, 2.45) is 5.73 Å². The summed E-state index contributed by atoms with van der Waals surface area (Å²) in [5.74, 6) is -1.79. The van der Waals surface area contributed by atoms with Gasteiger partial charge in [0, 0.05) is 13.0 Å². The molecular weight excluding hydrogens is 669 g/mol. The number of hydrogen-bond acceptors (Lipinski definition) is 8. The fourth-order valence-electron chi connectivity index (χ4n) is 5.47. The number of carbonyl (C=O) groups excluding carboxylic acids is 1. The zero-order chi connectivity index (χ0) is 37.7. The number of aliphatic carboxylic acids is 1. The van der Waals surface area contributed by atoms with Gasteiger partial charge in [0.25, 0.3) is 0 Å². The summed E-state index contributed by atoms with van der Waals surface area (Å²) in [7, 11) is -4.61. The van der Waals surface area contributed by atoms with Crippen LogP contribution in [0.2, 0.25) is 0 Å². The average molecular weight is 746 g/mol. The second-order valence-corrected chi connectivity index (χ2v) is 15.2. The minimum absolute atomic E-state index is 0.0114. The van der Waals surface area contributed by atoms with Gasteiger partial charge in [0.1, 0.15) is 12.1 Å². The van der Waals surface area contributed by atoms with Crippen LogP contribution in [0.25, 0.3) is 0 Å². The van der Waals surface area contributed by atoms with Gasteiger partial charge in [0.05, 0.1) is 19.8 Å². The van der Waals surface area contributed by atoms with Gasteiger partial charge in [0.15, 0.2) is 0 Å². The summed E-state index contributed by atoms with van der Waals surface area (Å²) in [5, 5.41) is 8.87. The van der Waals surface area contributed by atoms with Crippen molar-refractivity contribution in [2.75, 3.05) is 26.4 Å². The number of carboxylic acid groups (broad SMARTS) is 1. The van der Waals surface area contributed by atoms with E-state index in [1.807, 2.05) is 0 Å². The summed E-state index contributed by atoms with van der Waals surface area (Å²) in [5.41, 5.74) is 5.34. The van der Waals surface area contributed by atoms with Crippen molar-refractivity contribution in [3.63, 3.8) is 0 Å². The summed E-state index contributed by atoms with van der Waals surface area (Å²) in [6, 6.07) is -1.47. The Labute approximate surface area is 311 Å². The predicted molar refractivity (Wildman–Crippen MR) is 208 cm³/mol. The molecule has 0 fully saturated rings. The monoisotopic (exact) mass is 746 g/mol. The predicted octanol–water partition coefficient (Wildman–Crippen LogP) is 10.8. The molecule has 10 nitrogen and oxygen atoms in total. The third-order valence-electron chi connectivity index (χ3n) is 8.70. The van der Waals surface area contributed by atoms with E-state index in [9.17, 15) is 19.0 Å². The highest BCUT2D eigenvalue weighted by Gasteiger charge is 2.27. The zero-order valence-corrected chi connectivity index (χ0v) is 33.3. The first-order chi connectivity index (χ1) is 24.7. The van der Waals surface area contributed by atoms with Crippen LogP contribution in [0.3, 0.4) is 0 Å². The molecule has 51 heavy (non-hydrogen) atoms.